The Hall–Kier alpha value is -2.25. The van der Waals surface area contributed by atoms with Crippen LogP contribution in [0.4, 0.5) is 4.79 Å². The molecule has 0 bridgehead atoms. The molecule has 1 N–H and O–H groups in total. The topological polar surface area (TPSA) is 126 Å². The number of alkyl carbamates (subject to hydrolysis) is 1. The van der Waals surface area contributed by atoms with E-state index in [1.165, 1.54) is 12.1 Å². The first-order valence-electron chi connectivity index (χ1n) is 11.1. The molecule has 12 heteroatoms. The van der Waals surface area contributed by atoms with Crippen LogP contribution in [0.5, 0.6) is 0 Å². The van der Waals surface area contributed by atoms with Crippen molar-refractivity contribution in [2.24, 2.45) is 0 Å². The summed E-state index contributed by atoms with van der Waals surface area (Å²) in [6, 6.07) is 6.76. The van der Waals surface area contributed by atoms with Crippen LogP contribution in [0.25, 0.3) is 0 Å². The zero-order valence-electron chi connectivity index (χ0n) is 20.3. The van der Waals surface area contributed by atoms with Gasteiger partial charge in [0, 0.05) is 38.0 Å². The largest absolute Gasteiger partial charge is 0.500 e. The number of amides is 1. The second-order valence-corrected chi connectivity index (χ2v) is 11.9. The van der Waals surface area contributed by atoms with Gasteiger partial charge in [-0.25, -0.2) is 18.0 Å². The molecule has 10 nitrogen and oxygen atoms in total. The van der Waals surface area contributed by atoms with E-state index in [0.717, 1.165) is 5.56 Å². The van der Waals surface area contributed by atoms with Gasteiger partial charge in [-0.2, -0.15) is 0 Å². The van der Waals surface area contributed by atoms with Crippen molar-refractivity contribution in [1.29, 1.82) is 0 Å². The number of rotatable bonds is 16. The number of hydrogen-bond donors (Lipinski definition) is 1. The summed E-state index contributed by atoms with van der Waals surface area (Å²) in [6.45, 7) is 11.9. The first-order chi connectivity index (χ1) is 16.1. The van der Waals surface area contributed by atoms with Gasteiger partial charge in [0.15, 0.2) is 9.84 Å². The SMILES string of the molecule is C=C(CS(=O)(=O)c1ccc(C)cc1)C(=O)OCOC(=O)NCCC[Si](OCC)(OCC)OCC. The molecule has 1 amide bonds. The van der Waals surface area contributed by atoms with Gasteiger partial charge in [-0.15, -0.1) is 0 Å². The number of benzene rings is 1. The number of hydrogen-bond acceptors (Lipinski definition) is 9. The monoisotopic (exact) mass is 517 g/mol. The third-order valence-corrected chi connectivity index (χ3v) is 9.31. The van der Waals surface area contributed by atoms with Crippen LogP contribution in [-0.2, 0) is 37.4 Å². The lowest BCUT2D eigenvalue weighted by molar-refractivity contribution is -0.146. The van der Waals surface area contributed by atoms with E-state index in [2.05, 4.69) is 11.9 Å². The Morgan fingerprint density at radius 2 is 1.53 bits per heavy atom. The molecule has 0 fully saturated rings. The zero-order valence-corrected chi connectivity index (χ0v) is 22.1. The summed E-state index contributed by atoms with van der Waals surface area (Å²) in [5.41, 5.74) is 0.639. The standard InChI is InChI=1S/C22H35NO9SSi/c1-6-30-34(31-7-2,32-8-3)15-9-14-23-22(25)29-17-28-21(24)19(5)16-33(26,27)20-12-10-18(4)11-13-20/h10-13H,5-9,14-17H2,1-4H3,(H,23,25). The molecule has 1 aromatic carbocycles. The highest BCUT2D eigenvalue weighted by molar-refractivity contribution is 7.91. The highest BCUT2D eigenvalue weighted by Gasteiger charge is 2.39. The summed E-state index contributed by atoms with van der Waals surface area (Å²) >= 11 is 0. The summed E-state index contributed by atoms with van der Waals surface area (Å²) in [7, 11) is -6.54. The Bertz CT molecular complexity index is 886. The summed E-state index contributed by atoms with van der Waals surface area (Å²) in [6.07, 6.45) is -0.253. The molecule has 0 saturated heterocycles. The van der Waals surface area contributed by atoms with Crippen molar-refractivity contribution >= 4 is 30.7 Å². The lowest BCUT2D eigenvalue weighted by Crippen LogP contribution is -2.46. The number of carbonyl (C=O) groups excluding carboxylic acids is 2. The molecule has 0 aliphatic heterocycles. The highest BCUT2D eigenvalue weighted by atomic mass is 32.2. The van der Waals surface area contributed by atoms with Crippen LogP contribution in [-0.4, -0.2) is 68.2 Å². The zero-order chi connectivity index (χ0) is 25.6. The Morgan fingerprint density at radius 3 is 2.06 bits per heavy atom. The molecule has 1 aromatic rings. The molecule has 0 spiro atoms. The molecule has 0 atom stereocenters. The Labute approximate surface area is 202 Å². The Balaban J connectivity index is 2.38. The second-order valence-electron chi connectivity index (χ2n) is 7.17. The smallest absolute Gasteiger partial charge is 0.424 e. The molecule has 0 unspecified atom stereocenters. The fourth-order valence-corrected chi connectivity index (χ4v) is 6.81. The van der Waals surface area contributed by atoms with Gasteiger partial charge in [-0.1, -0.05) is 24.3 Å². The molecule has 34 heavy (non-hydrogen) atoms. The van der Waals surface area contributed by atoms with Crippen LogP contribution in [0.1, 0.15) is 32.8 Å². The fraction of sp³-hybridized carbons (Fsp3) is 0.545. The maximum absolute atomic E-state index is 12.4. The molecule has 0 aliphatic carbocycles. The maximum Gasteiger partial charge on any atom is 0.500 e. The fourth-order valence-electron chi connectivity index (χ4n) is 2.90. The van der Waals surface area contributed by atoms with Crippen molar-refractivity contribution in [3.63, 3.8) is 0 Å². The maximum atomic E-state index is 12.4. The predicted molar refractivity (Wildman–Crippen MR) is 128 cm³/mol. The van der Waals surface area contributed by atoms with E-state index in [9.17, 15) is 18.0 Å². The average Bonchev–Trinajstić information content (AvgIpc) is 2.77. The number of sulfone groups is 1. The van der Waals surface area contributed by atoms with E-state index >= 15 is 0 Å². The predicted octanol–water partition coefficient (Wildman–Crippen LogP) is 2.99. The summed E-state index contributed by atoms with van der Waals surface area (Å²) < 4.78 is 51.6. The molecule has 0 aliphatic rings. The number of nitrogens with one attached hydrogen (secondary N) is 1. The van der Waals surface area contributed by atoms with Gasteiger partial charge in [0.25, 0.3) is 0 Å². The van der Waals surface area contributed by atoms with Gasteiger partial charge >= 0.3 is 20.9 Å². The van der Waals surface area contributed by atoms with Crippen molar-refractivity contribution < 1.29 is 40.8 Å². The molecule has 0 aromatic heterocycles. The molecular weight excluding hydrogens is 482 g/mol. The Kier molecular flexibility index (Phi) is 13.0. The summed E-state index contributed by atoms with van der Waals surface area (Å²) in [4.78, 5) is 23.9. The number of esters is 1. The molecule has 0 saturated carbocycles. The minimum Gasteiger partial charge on any atom is -0.424 e. The van der Waals surface area contributed by atoms with Crippen molar-refractivity contribution in [2.75, 3.05) is 38.9 Å². The second kappa shape index (κ2) is 14.9. The van der Waals surface area contributed by atoms with E-state index in [0.29, 0.717) is 32.3 Å². The van der Waals surface area contributed by atoms with Crippen molar-refractivity contribution in [2.45, 2.75) is 45.1 Å². The number of ether oxygens (including phenoxy) is 2. The first kappa shape index (κ1) is 29.8. The van der Waals surface area contributed by atoms with Gasteiger partial charge in [0.05, 0.1) is 10.6 Å². The average molecular weight is 518 g/mol. The van der Waals surface area contributed by atoms with E-state index in [1.54, 1.807) is 12.1 Å². The van der Waals surface area contributed by atoms with E-state index in [-0.39, 0.29) is 17.0 Å². The van der Waals surface area contributed by atoms with Crippen LogP contribution < -0.4 is 5.32 Å². The minimum absolute atomic E-state index is 0.0766. The van der Waals surface area contributed by atoms with Crippen molar-refractivity contribution in [1.82, 2.24) is 5.32 Å². The lowest BCUT2D eigenvalue weighted by Gasteiger charge is -2.28. The molecule has 0 radical (unpaired) electrons. The highest BCUT2D eigenvalue weighted by Crippen LogP contribution is 2.18. The van der Waals surface area contributed by atoms with Gasteiger partial charge in [0.1, 0.15) is 0 Å². The van der Waals surface area contributed by atoms with Crippen LogP contribution in [0.2, 0.25) is 6.04 Å². The van der Waals surface area contributed by atoms with Crippen molar-refractivity contribution in [3.8, 4) is 0 Å². The molecular formula is C22H35NO9SSi. The van der Waals surface area contributed by atoms with Gasteiger partial charge in [-0.05, 0) is 46.2 Å². The Morgan fingerprint density at radius 1 is 0.971 bits per heavy atom. The van der Waals surface area contributed by atoms with E-state index in [1.807, 2.05) is 27.7 Å². The van der Waals surface area contributed by atoms with Crippen LogP contribution in [0.3, 0.4) is 0 Å². The molecule has 1 rings (SSSR count). The molecule has 192 valence electrons. The number of aryl methyl sites for hydroxylation is 1. The quantitative estimate of drug-likeness (QED) is 0.116. The van der Waals surface area contributed by atoms with Crippen molar-refractivity contribution in [3.05, 3.63) is 42.0 Å². The summed E-state index contributed by atoms with van der Waals surface area (Å²) in [5.74, 6) is -1.57. The summed E-state index contributed by atoms with van der Waals surface area (Å²) in [5, 5.41) is 2.53. The van der Waals surface area contributed by atoms with Gasteiger partial charge < -0.3 is 28.1 Å². The minimum atomic E-state index is -3.75. The first-order valence-corrected chi connectivity index (χ1v) is 14.6. The molecule has 0 heterocycles. The number of carbonyl (C=O) groups is 2. The lowest BCUT2D eigenvalue weighted by atomic mass is 10.2. The van der Waals surface area contributed by atoms with Crippen LogP contribution in [0, 0.1) is 6.92 Å². The van der Waals surface area contributed by atoms with E-state index in [4.69, 9.17) is 22.8 Å². The van der Waals surface area contributed by atoms with E-state index < -0.39 is 43.3 Å². The normalized spacial score (nSPS) is 11.6. The van der Waals surface area contributed by atoms with Crippen LogP contribution >= 0.6 is 0 Å². The third kappa shape index (κ3) is 10.3. The third-order valence-electron chi connectivity index (χ3n) is 4.43. The van der Waals surface area contributed by atoms with Crippen LogP contribution in [0.15, 0.2) is 41.3 Å². The van der Waals surface area contributed by atoms with Gasteiger partial charge in [-0.3, -0.25) is 0 Å². The van der Waals surface area contributed by atoms with Gasteiger partial charge in [0.2, 0.25) is 6.79 Å².